The van der Waals surface area contributed by atoms with Gasteiger partial charge < -0.3 is 20.3 Å². The fourth-order valence-electron chi connectivity index (χ4n) is 3.91. The predicted molar refractivity (Wildman–Crippen MR) is 136 cm³/mol. The number of carbonyl (C=O) groups excluding carboxylic acids is 2. The van der Waals surface area contributed by atoms with Crippen LogP contribution in [0, 0.1) is 0 Å². The van der Waals surface area contributed by atoms with Gasteiger partial charge in [0.2, 0.25) is 0 Å². The van der Waals surface area contributed by atoms with Crippen molar-refractivity contribution in [3.8, 4) is 0 Å². The number of carbonyl (C=O) groups is 2. The maximum atomic E-state index is 12.7. The van der Waals surface area contributed by atoms with Gasteiger partial charge in [-0.2, -0.15) is 0 Å². The monoisotopic (exact) mass is 478 g/mol. The van der Waals surface area contributed by atoms with Crippen molar-refractivity contribution in [1.82, 2.24) is 19.5 Å². The number of aromatic nitrogens is 3. The lowest BCUT2D eigenvalue weighted by molar-refractivity contribution is 0.0293. The number of imidazole rings is 1. The molecule has 2 aromatic heterocycles. The minimum atomic E-state index is -0.514. The Kier molecular flexibility index (Phi) is 6.44. The van der Waals surface area contributed by atoms with Crippen molar-refractivity contribution in [2.45, 2.75) is 65.0 Å². The molecule has 1 unspecified atom stereocenters. The Morgan fingerprint density at radius 1 is 1.00 bits per heavy atom. The fourth-order valence-corrected chi connectivity index (χ4v) is 3.91. The van der Waals surface area contributed by atoms with Gasteiger partial charge in [-0.05, 0) is 62.4 Å². The van der Waals surface area contributed by atoms with Gasteiger partial charge in [-0.1, -0.05) is 32.9 Å². The molecule has 0 bridgehead atoms. The van der Waals surface area contributed by atoms with Crippen LogP contribution in [0.15, 0.2) is 42.6 Å². The Morgan fingerprint density at radius 3 is 2.37 bits per heavy atom. The van der Waals surface area contributed by atoms with Crippen LogP contribution in [0.4, 0.5) is 16.4 Å². The zero-order chi connectivity index (χ0) is 25.4. The second kappa shape index (κ2) is 9.20. The molecule has 9 heteroatoms. The summed E-state index contributed by atoms with van der Waals surface area (Å²) in [6.07, 6.45) is 2.19. The van der Waals surface area contributed by atoms with Gasteiger partial charge in [0.15, 0.2) is 11.5 Å². The first kappa shape index (κ1) is 24.5. The van der Waals surface area contributed by atoms with E-state index in [0.29, 0.717) is 35.9 Å². The Bertz CT molecular complexity index is 1220. The molecule has 1 saturated heterocycles. The Balaban J connectivity index is 1.38. The zero-order valence-electron chi connectivity index (χ0n) is 21.3. The number of rotatable bonds is 4. The Labute approximate surface area is 205 Å². The summed E-state index contributed by atoms with van der Waals surface area (Å²) in [6.45, 7) is 13.2. The normalized spacial score (nSPS) is 16.4. The van der Waals surface area contributed by atoms with Gasteiger partial charge in [0, 0.05) is 24.7 Å². The van der Waals surface area contributed by atoms with Crippen LogP contribution in [0.1, 0.15) is 63.9 Å². The van der Waals surface area contributed by atoms with E-state index >= 15 is 0 Å². The van der Waals surface area contributed by atoms with Crippen LogP contribution in [-0.2, 0) is 10.2 Å². The zero-order valence-corrected chi connectivity index (χ0v) is 21.3. The number of fused-ring (bicyclic) bond motifs is 1. The molecule has 0 saturated carbocycles. The van der Waals surface area contributed by atoms with Crippen molar-refractivity contribution in [1.29, 1.82) is 0 Å². The van der Waals surface area contributed by atoms with E-state index in [1.807, 2.05) is 57.2 Å². The number of hydrogen-bond donors (Lipinski definition) is 2. The average molecular weight is 479 g/mol. The Morgan fingerprint density at radius 2 is 1.71 bits per heavy atom. The molecule has 0 aliphatic carbocycles. The van der Waals surface area contributed by atoms with Crippen LogP contribution in [0.25, 0.3) is 5.65 Å². The van der Waals surface area contributed by atoms with Crippen molar-refractivity contribution in [3.63, 3.8) is 0 Å². The summed E-state index contributed by atoms with van der Waals surface area (Å²) in [7, 11) is 0. The molecule has 0 radical (unpaired) electrons. The minimum absolute atomic E-state index is 0.0283. The number of likely N-dealkylation sites (tertiary alicyclic amines) is 1. The fraction of sp³-hybridized carbons (Fsp3) is 0.462. The van der Waals surface area contributed by atoms with Crippen LogP contribution in [0.2, 0.25) is 0 Å². The molecule has 4 rings (SSSR count). The number of nitrogens with one attached hydrogen (secondary N) is 2. The standard InChI is InChI=1S/C26H34N6O3/c1-25(2,3)18-9-7-17(8-10-18)23(33)29-21-16-32-22(28-21)12-11-20(30-32)27-19-13-14-31(15-19)24(34)35-26(4,5)6/h7-12,16,19H,13-15H2,1-6H3,(H,27,30)(H,29,33). The highest BCUT2D eigenvalue weighted by molar-refractivity contribution is 6.03. The lowest BCUT2D eigenvalue weighted by Crippen LogP contribution is -2.36. The molecule has 2 N–H and O–H groups in total. The Hall–Kier alpha value is -3.62. The van der Waals surface area contributed by atoms with Gasteiger partial charge in [-0.25, -0.2) is 14.3 Å². The van der Waals surface area contributed by atoms with Crippen molar-refractivity contribution < 1.29 is 14.3 Å². The third kappa shape index (κ3) is 6.09. The smallest absolute Gasteiger partial charge is 0.410 e. The largest absolute Gasteiger partial charge is 0.444 e. The number of hydrogen-bond acceptors (Lipinski definition) is 6. The summed E-state index contributed by atoms with van der Waals surface area (Å²) < 4.78 is 7.09. The van der Waals surface area contributed by atoms with E-state index in [-0.39, 0.29) is 23.5 Å². The van der Waals surface area contributed by atoms with Crippen molar-refractivity contribution in [3.05, 3.63) is 53.7 Å². The average Bonchev–Trinajstić information content (AvgIpc) is 3.38. The third-order valence-electron chi connectivity index (χ3n) is 5.77. The molecule has 1 aliphatic heterocycles. The molecular formula is C26H34N6O3. The van der Waals surface area contributed by atoms with Crippen molar-refractivity contribution in [2.24, 2.45) is 0 Å². The molecule has 35 heavy (non-hydrogen) atoms. The van der Waals surface area contributed by atoms with Gasteiger partial charge in [-0.3, -0.25) is 4.79 Å². The SMILES string of the molecule is CC(C)(C)OC(=O)N1CCC(Nc2ccc3nc(NC(=O)c4ccc(C(C)(C)C)cc4)cn3n2)C1. The molecule has 9 nitrogen and oxygen atoms in total. The summed E-state index contributed by atoms with van der Waals surface area (Å²) in [5.41, 5.74) is 1.87. The highest BCUT2D eigenvalue weighted by atomic mass is 16.6. The topological polar surface area (TPSA) is 101 Å². The molecule has 3 heterocycles. The number of benzene rings is 1. The first-order valence-corrected chi connectivity index (χ1v) is 11.9. The van der Waals surface area contributed by atoms with E-state index in [1.165, 1.54) is 5.56 Å². The van der Waals surface area contributed by atoms with E-state index in [0.717, 1.165) is 6.42 Å². The third-order valence-corrected chi connectivity index (χ3v) is 5.77. The second-order valence-electron chi connectivity index (χ2n) is 11.0. The van der Waals surface area contributed by atoms with Gasteiger partial charge in [0.05, 0.1) is 6.20 Å². The van der Waals surface area contributed by atoms with Gasteiger partial charge in [0.1, 0.15) is 11.4 Å². The predicted octanol–water partition coefficient (Wildman–Crippen LogP) is 4.70. The summed E-state index contributed by atoms with van der Waals surface area (Å²) in [5.74, 6) is 0.874. The second-order valence-corrected chi connectivity index (χ2v) is 11.0. The highest BCUT2D eigenvalue weighted by Crippen LogP contribution is 2.23. The van der Waals surface area contributed by atoms with Crippen molar-refractivity contribution in [2.75, 3.05) is 23.7 Å². The minimum Gasteiger partial charge on any atom is -0.444 e. The molecule has 1 fully saturated rings. The van der Waals surface area contributed by atoms with E-state index < -0.39 is 5.60 Å². The molecule has 3 aromatic rings. The van der Waals surface area contributed by atoms with E-state index in [1.54, 1.807) is 15.6 Å². The van der Waals surface area contributed by atoms with Crippen LogP contribution < -0.4 is 10.6 Å². The summed E-state index contributed by atoms with van der Waals surface area (Å²) in [6, 6.07) is 11.4. The quantitative estimate of drug-likeness (QED) is 0.564. The molecule has 1 atom stereocenters. The maximum absolute atomic E-state index is 12.7. The lowest BCUT2D eigenvalue weighted by Gasteiger charge is -2.24. The van der Waals surface area contributed by atoms with Gasteiger partial charge >= 0.3 is 6.09 Å². The van der Waals surface area contributed by atoms with Crippen LogP contribution in [0.5, 0.6) is 0 Å². The van der Waals surface area contributed by atoms with E-state index in [4.69, 9.17) is 4.74 Å². The molecule has 186 valence electrons. The number of ether oxygens (including phenoxy) is 1. The lowest BCUT2D eigenvalue weighted by atomic mass is 9.87. The summed E-state index contributed by atoms with van der Waals surface area (Å²) >= 11 is 0. The first-order valence-electron chi connectivity index (χ1n) is 11.9. The molecule has 1 aliphatic rings. The highest BCUT2D eigenvalue weighted by Gasteiger charge is 2.30. The van der Waals surface area contributed by atoms with E-state index in [9.17, 15) is 9.59 Å². The molecule has 1 aromatic carbocycles. The number of nitrogens with zero attached hydrogens (tertiary/aromatic N) is 4. The number of anilines is 2. The first-order chi connectivity index (χ1) is 16.4. The van der Waals surface area contributed by atoms with Crippen LogP contribution in [-0.4, -0.2) is 56.2 Å². The van der Waals surface area contributed by atoms with Crippen LogP contribution in [0.3, 0.4) is 0 Å². The maximum Gasteiger partial charge on any atom is 0.410 e. The van der Waals surface area contributed by atoms with Crippen LogP contribution >= 0.6 is 0 Å². The number of amides is 2. The van der Waals surface area contributed by atoms with Gasteiger partial charge in [-0.15, -0.1) is 5.10 Å². The molecular weight excluding hydrogens is 444 g/mol. The van der Waals surface area contributed by atoms with E-state index in [2.05, 4.69) is 41.5 Å². The summed E-state index contributed by atoms with van der Waals surface area (Å²) in [4.78, 5) is 31.1. The van der Waals surface area contributed by atoms with Gasteiger partial charge in [0.25, 0.3) is 5.91 Å². The summed E-state index contributed by atoms with van der Waals surface area (Å²) in [5, 5.41) is 10.8. The molecule has 0 spiro atoms. The van der Waals surface area contributed by atoms with Crippen molar-refractivity contribution >= 4 is 29.3 Å². The molecule has 2 amide bonds.